The van der Waals surface area contributed by atoms with E-state index < -0.39 is 0 Å². The molecule has 0 aromatic heterocycles. The number of hydrogen-bond acceptors (Lipinski definition) is 2. The average molecular weight is 234 g/mol. The molecule has 0 aliphatic rings. The number of amides is 1. The molecule has 0 radical (unpaired) electrons. The molecule has 1 amide bonds. The van der Waals surface area contributed by atoms with Gasteiger partial charge in [-0.05, 0) is 43.1 Å². The number of carbonyl (C=O) groups excluding carboxylic acids is 1. The average Bonchev–Trinajstić information content (AvgIpc) is 2.24. The fraction of sp³-hybridized carbons (Fsp3) is 0.500. The van der Waals surface area contributed by atoms with Crippen LogP contribution in [0, 0.1) is 5.92 Å². The number of hydrogen-bond donors (Lipinski definition) is 2. The molecule has 0 heterocycles. The Labute approximate surface area is 104 Å². The Balaban J connectivity index is 2.40. The molecule has 2 N–H and O–H groups in total. The molecule has 17 heavy (non-hydrogen) atoms. The number of anilines is 1. The van der Waals surface area contributed by atoms with Crippen molar-refractivity contribution in [3.8, 4) is 0 Å². The van der Waals surface area contributed by atoms with Crippen LogP contribution in [-0.2, 0) is 11.2 Å². The normalized spacial score (nSPS) is 10.6. The van der Waals surface area contributed by atoms with Crippen molar-refractivity contribution in [1.82, 2.24) is 5.32 Å². The summed E-state index contributed by atoms with van der Waals surface area (Å²) in [5.41, 5.74) is 2.12. The molecule has 0 atom stereocenters. The first-order chi connectivity index (χ1) is 8.08. The van der Waals surface area contributed by atoms with Crippen molar-refractivity contribution in [2.75, 3.05) is 18.4 Å². The molecule has 0 unspecified atom stereocenters. The van der Waals surface area contributed by atoms with Crippen molar-refractivity contribution in [3.63, 3.8) is 0 Å². The largest absolute Gasteiger partial charge is 0.326 e. The number of rotatable bonds is 6. The van der Waals surface area contributed by atoms with E-state index in [4.69, 9.17) is 0 Å². The SMILES string of the molecule is CC(=O)Nc1cccc(CCNCC(C)C)c1. The fourth-order valence-corrected chi connectivity index (χ4v) is 1.63. The van der Waals surface area contributed by atoms with E-state index in [0.29, 0.717) is 5.92 Å². The van der Waals surface area contributed by atoms with Gasteiger partial charge in [0.15, 0.2) is 0 Å². The summed E-state index contributed by atoms with van der Waals surface area (Å²) in [7, 11) is 0. The third-order valence-corrected chi connectivity index (χ3v) is 2.39. The standard InChI is InChI=1S/C14H22N2O/c1-11(2)10-15-8-7-13-5-4-6-14(9-13)16-12(3)17/h4-6,9,11,15H,7-8,10H2,1-3H3,(H,16,17). The van der Waals surface area contributed by atoms with Gasteiger partial charge in [0.1, 0.15) is 0 Å². The van der Waals surface area contributed by atoms with Crippen molar-refractivity contribution in [3.05, 3.63) is 29.8 Å². The minimum Gasteiger partial charge on any atom is -0.326 e. The summed E-state index contributed by atoms with van der Waals surface area (Å²) < 4.78 is 0. The third kappa shape index (κ3) is 6.07. The Morgan fingerprint density at radius 3 is 2.76 bits per heavy atom. The maximum atomic E-state index is 10.9. The van der Waals surface area contributed by atoms with Gasteiger partial charge in [0.2, 0.25) is 5.91 Å². The van der Waals surface area contributed by atoms with Gasteiger partial charge in [0.25, 0.3) is 0 Å². The topological polar surface area (TPSA) is 41.1 Å². The highest BCUT2D eigenvalue weighted by Gasteiger charge is 1.98. The van der Waals surface area contributed by atoms with Crippen molar-refractivity contribution in [1.29, 1.82) is 0 Å². The molecule has 1 aromatic rings. The lowest BCUT2D eigenvalue weighted by Gasteiger charge is -2.08. The Kier molecular flexibility index (Phi) is 5.70. The molecule has 0 aliphatic heterocycles. The quantitative estimate of drug-likeness (QED) is 0.742. The molecule has 0 spiro atoms. The van der Waals surface area contributed by atoms with E-state index in [-0.39, 0.29) is 5.91 Å². The second-order valence-corrected chi connectivity index (χ2v) is 4.73. The zero-order valence-electron chi connectivity index (χ0n) is 10.9. The second kappa shape index (κ2) is 7.07. The van der Waals surface area contributed by atoms with Crippen LogP contribution in [0.5, 0.6) is 0 Å². The van der Waals surface area contributed by atoms with E-state index in [1.165, 1.54) is 12.5 Å². The lowest BCUT2D eigenvalue weighted by atomic mass is 10.1. The van der Waals surface area contributed by atoms with Gasteiger partial charge in [-0.3, -0.25) is 4.79 Å². The predicted molar refractivity (Wildman–Crippen MR) is 72.2 cm³/mol. The monoisotopic (exact) mass is 234 g/mol. The van der Waals surface area contributed by atoms with Crippen LogP contribution in [0.15, 0.2) is 24.3 Å². The smallest absolute Gasteiger partial charge is 0.221 e. The number of nitrogens with one attached hydrogen (secondary N) is 2. The zero-order valence-corrected chi connectivity index (χ0v) is 10.9. The number of benzene rings is 1. The molecule has 1 rings (SSSR count). The summed E-state index contributed by atoms with van der Waals surface area (Å²) in [5, 5.41) is 6.20. The van der Waals surface area contributed by atoms with Gasteiger partial charge in [0, 0.05) is 12.6 Å². The van der Waals surface area contributed by atoms with Gasteiger partial charge in [-0.2, -0.15) is 0 Å². The molecule has 0 saturated carbocycles. The Morgan fingerprint density at radius 1 is 1.35 bits per heavy atom. The summed E-state index contributed by atoms with van der Waals surface area (Å²) in [4.78, 5) is 10.9. The van der Waals surface area contributed by atoms with Gasteiger partial charge >= 0.3 is 0 Å². The van der Waals surface area contributed by atoms with E-state index in [1.54, 1.807) is 0 Å². The second-order valence-electron chi connectivity index (χ2n) is 4.73. The van der Waals surface area contributed by atoms with Gasteiger partial charge in [-0.25, -0.2) is 0 Å². The molecule has 3 heteroatoms. The zero-order chi connectivity index (χ0) is 12.7. The number of carbonyl (C=O) groups is 1. The maximum absolute atomic E-state index is 10.9. The van der Waals surface area contributed by atoms with Crippen LogP contribution < -0.4 is 10.6 Å². The summed E-state index contributed by atoms with van der Waals surface area (Å²) >= 11 is 0. The minimum absolute atomic E-state index is 0.0277. The van der Waals surface area contributed by atoms with E-state index in [1.807, 2.05) is 18.2 Å². The van der Waals surface area contributed by atoms with Crippen LogP contribution in [0.2, 0.25) is 0 Å². The van der Waals surface area contributed by atoms with E-state index in [0.717, 1.165) is 25.2 Å². The summed E-state index contributed by atoms with van der Waals surface area (Å²) in [6, 6.07) is 8.00. The minimum atomic E-state index is -0.0277. The summed E-state index contributed by atoms with van der Waals surface area (Å²) in [6.07, 6.45) is 0.986. The highest BCUT2D eigenvalue weighted by atomic mass is 16.1. The van der Waals surface area contributed by atoms with Crippen LogP contribution in [0.1, 0.15) is 26.3 Å². The molecular weight excluding hydrogens is 212 g/mol. The van der Waals surface area contributed by atoms with Gasteiger partial charge in [-0.15, -0.1) is 0 Å². The molecular formula is C14H22N2O. The lowest BCUT2D eigenvalue weighted by molar-refractivity contribution is -0.114. The van der Waals surface area contributed by atoms with Crippen molar-refractivity contribution >= 4 is 11.6 Å². The maximum Gasteiger partial charge on any atom is 0.221 e. The summed E-state index contributed by atoms with van der Waals surface area (Å²) in [5.74, 6) is 0.654. The first-order valence-corrected chi connectivity index (χ1v) is 6.15. The first kappa shape index (κ1) is 13.7. The third-order valence-electron chi connectivity index (χ3n) is 2.39. The molecule has 94 valence electrons. The van der Waals surface area contributed by atoms with E-state index >= 15 is 0 Å². The van der Waals surface area contributed by atoms with E-state index in [2.05, 4.69) is 30.5 Å². The lowest BCUT2D eigenvalue weighted by Crippen LogP contribution is -2.22. The van der Waals surface area contributed by atoms with Gasteiger partial charge in [-0.1, -0.05) is 26.0 Å². The van der Waals surface area contributed by atoms with Gasteiger partial charge < -0.3 is 10.6 Å². The molecule has 0 fully saturated rings. The molecule has 1 aromatic carbocycles. The van der Waals surface area contributed by atoms with Crippen LogP contribution in [0.4, 0.5) is 5.69 Å². The Hall–Kier alpha value is -1.35. The van der Waals surface area contributed by atoms with Crippen molar-refractivity contribution in [2.24, 2.45) is 5.92 Å². The highest BCUT2D eigenvalue weighted by molar-refractivity contribution is 5.88. The molecule has 3 nitrogen and oxygen atoms in total. The van der Waals surface area contributed by atoms with Crippen LogP contribution in [0.25, 0.3) is 0 Å². The first-order valence-electron chi connectivity index (χ1n) is 6.15. The van der Waals surface area contributed by atoms with Crippen LogP contribution in [-0.4, -0.2) is 19.0 Å². The predicted octanol–water partition coefficient (Wildman–Crippen LogP) is 2.43. The van der Waals surface area contributed by atoms with Crippen molar-refractivity contribution < 1.29 is 4.79 Å². The molecule has 0 bridgehead atoms. The molecule has 0 aliphatic carbocycles. The Bertz CT molecular complexity index is 361. The van der Waals surface area contributed by atoms with Crippen LogP contribution in [0.3, 0.4) is 0 Å². The van der Waals surface area contributed by atoms with E-state index in [9.17, 15) is 4.79 Å². The summed E-state index contributed by atoms with van der Waals surface area (Å²) in [6.45, 7) is 7.94. The molecule has 0 saturated heterocycles. The Morgan fingerprint density at radius 2 is 2.12 bits per heavy atom. The van der Waals surface area contributed by atoms with Crippen LogP contribution >= 0.6 is 0 Å². The fourth-order valence-electron chi connectivity index (χ4n) is 1.63. The highest BCUT2D eigenvalue weighted by Crippen LogP contribution is 2.10. The van der Waals surface area contributed by atoms with Crippen molar-refractivity contribution in [2.45, 2.75) is 27.2 Å². The van der Waals surface area contributed by atoms with Gasteiger partial charge in [0.05, 0.1) is 0 Å².